The van der Waals surface area contributed by atoms with Gasteiger partial charge in [-0.1, -0.05) is 31.0 Å². The molecule has 0 saturated heterocycles. The number of aryl methyl sites for hydroxylation is 1. The van der Waals surface area contributed by atoms with Crippen LogP contribution in [0, 0.1) is 5.92 Å². The molecule has 0 saturated carbocycles. The van der Waals surface area contributed by atoms with Crippen LogP contribution < -0.4 is 0 Å². The second kappa shape index (κ2) is 15.4. The molecule has 0 unspecified atom stereocenters. The molecule has 0 aliphatic heterocycles. The number of rotatable bonds is 13. The predicted molar refractivity (Wildman–Crippen MR) is 140 cm³/mol. The number of alkyl halides is 3. The molecule has 0 radical (unpaired) electrons. The van der Waals surface area contributed by atoms with E-state index >= 15 is 0 Å². The van der Waals surface area contributed by atoms with E-state index < -0.39 is 11.7 Å². The summed E-state index contributed by atoms with van der Waals surface area (Å²) in [6, 6.07) is 2.81. The van der Waals surface area contributed by atoms with Gasteiger partial charge in [0.1, 0.15) is 5.82 Å². The van der Waals surface area contributed by atoms with Gasteiger partial charge < -0.3 is 14.8 Å². The Labute approximate surface area is 217 Å². The molecule has 1 aromatic heterocycles. The van der Waals surface area contributed by atoms with Crippen molar-refractivity contribution in [2.24, 2.45) is 5.92 Å². The van der Waals surface area contributed by atoms with Gasteiger partial charge in [-0.3, -0.25) is 0 Å². The zero-order valence-electron chi connectivity index (χ0n) is 21.3. The van der Waals surface area contributed by atoms with E-state index in [9.17, 15) is 13.2 Å². The summed E-state index contributed by atoms with van der Waals surface area (Å²) in [5, 5.41) is -0.317. The van der Waals surface area contributed by atoms with Crippen molar-refractivity contribution in [2.45, 2.75) is 72.0 Å². The van der Waals surface area contributed by atoms with Crippen molar-refractivity contribution in [3.05, 3.63) is 40.8 Å². The smallest absolute Gasteiger partial charge is 0.381 e. The Hall–Kier alpha value is -1.71. The monoisotopic (exact) mass is 534 g/mol. The molecule has 5 nitrogen and oxygen atoms in total. The Kier molecular flexibility index (Phi) is 13.8. The predicted octanol–water partition coefficient (Wildman–Crippen LogP) is 6.81. The Bertz CT molecular complexity index is 920. The Balaban J connectivity index is 0.00000298. The fourth-order valence-corrected chi connectivity index (χ4v) is 4.32. The zero-order chi connectivity index (χ0) is 26.6. The third-order valence-corrected chi connectivity index (χ3v) is 6.44. The van der Waals surface area contributed by atoms with Crippen LogP contribution in [-0.4, -0.2) is 56.7 Å². The van der Waals surface area contributed by atoms with Gasteiger partial charge in [-0.25, -0.2) is 4.98 Å². The van der Waals surface area contributed by atoms with E-state index in [0.717, 1.165) is 45.0 Å². The molecule has 1 atom stereocenters. The quantitative estimate of drug-likeness (QED) is 0.286. The van der Waals surface area contributed by atoms with Gasteiger partial charge in [0.05, 0.1) is 21.6 Å². The number of aromatic nitrogens is 2. The largest absolute Gasteiger partial charge is 0.417 e. The molecule has 10 heteroatoms. The topological polar surface area (TPSA) is 52.2 Å². The fourth-order valence-electron chi connectivity index (χ4n) is 4.06. The molecule has 0 aliphatic carbocycles. The van der Waals surface area contributed by atoms with Gasteiger partial charge in [0.2, 0.25) is 0 Å². The summed E-state index contributed by atoms with van der Waals surface area (Å²) >= 11 is 8.65. The maximum Gasteiger partial charge on any atom is 0.417 e. The molecule has 0 amide bonds. The first-order chi connectivity index (χ1) is 16.5. The number of halogens is 4. The summed E-state index contributed by atoms with van der Waals surface area (Å²) in [4.78, 5) is 12.2. The van der Waals surface area contributed by atoms with Gasteiger partial charge in [-0.15, -0.1) is 0 Å². The molecule has 2 aromatic rings. The minimum Gasteiger partial charge on any atom is -0.381 e. The SMILES string of the molecule is C/C=C\N(C)CC[C@H](CC)CN(CCCCc1nc2cc(Cl)c(C(F)(F)F)cc2[nH]1)C(C)C.O=S. The van der Waals surface area contributed by atoms with Gasteiger partial charge in [-0.2, -0.15) is 17.4 Å². The van der Waals surface area contributed by atoms with E-state index in [1.165, 1.54) is 12.5 Å². The van der Waals surface area contributed by atoms with Crippen LogP contribution in [-0.2, 0) is 25.1 Å². The zero-order valence-corrected chi connectivity index (χ0v) is 22.9. The van der Waals surface area contributed by atoms with Gasteiger partial charge in [0.15, 0.2) is 12.5 Å². The van der Waals surface area contributed by atoms with Crippen molar-refractivity contribution < 1.29 is 17.4 Å². The van der Waals surface area contributed by atoms with Crippen LogP contribution in [0.1, 0.15) is 64.8 Å². The first kappa shape index (κ1) is 31.3. The number of aromatic amines is 1. The third-order valence-electron chi connectivity index (χ3n) is 6.13. The first-order valence-corrected chi connectivity index (χ1v) is 12.7. The van der Waals surface area contributed by atoms with Crippen molar-refractivity contribution in [1.82, 2.24) is 19.8 Å². The van der Waals surface area contributed by atoms with Gasteiger partial charge in [0.25, 0.3) is 0 Å². The molecule has 1 heterocycles. The highest BCUT2D eigenvalue weighted by molar-refractivity contribution is 7.44. The molecule has 0 bridgehead atoms. The average molecular weight is 535 g/mol. The van der Waals surface area contributed by atoms with E-state index in [0.29, 0.717) is 35.2 Å². The molecule has 0 aliphatic rings. The van der Waals surface area contributed by atoms with Crippen LogP contribution in [0.5, 0.6) is 0 Å². The molecular formula is C25H38ClF3N4OS. The Morgan fingerprint density at radius 3 is 2.46 bits per heavy atom. The van der Waals surface area contributed by atoms with Crippen molar-refractivity contribution in [3.8, 4) is 0 Å². The maximum atomic E-state index is 13.1. The molecule has 0 spiro atoms. The molecule has 1 aromatic carbocycles. The average Bonchev–Trinajstić information content (AvgIpc) is 3.19. The second-order valence-corrected chi connectivity index (χ2v) is 9.51. The summed E-state index contributed by atoms with van der Waals surface area (Å²) < 4.78 is 47.1. The van der Waals surface area contributed by atoms with Crippen molar-refractivity contribution in [3.63, 3.8) is 0 Å². The third kappa shape index (κ3) is 10.4. The maximum absolute atomic E-state index is 13.1. The standard InChI is InChI=1S/C25H38ClF3N4.OS/c1-6-12-32(5)14-11-19(7-2)17-33(18(3)4)13-9-8-10-24-30-22-15-20(25(27,28)29)21(26)16-23(22)31-24;1-2/h6,12,15-16,18-19H,7-11,13-14,17H2,1-5H3,(H,30,31);/b12-6-;/t19-;/m0./s1. The molecule has 198 valence electrons. The number of H-pyrrole nitrogens is 1. The summed E-state index contributed by atoms with van der Waals surface area (Å²) in [5.74, 6) is 1.36. The van der Waals surface area contributed by atoms with Crippen molar-refractivity contribution in [2.75, 3.05) is 26.7 Å². The molecule has 1 N–H and O–H groups in total. The lowest BCUT2D eigenvalue weighted by Gasteiger charge is -2.31. The summed E-state index contributed by atoms with van der Waals surface area (Å²) in [7, 11) is 2.11. The number of fused-ring (bicyclic) bond motifs is 1. The number of imidazole rings is 1. The van der Waals surface area contributed by atoms with E-state index in [1.54, 1.807) is 0 Å². The van der Waals surface area contributed by atoms with Crippen LogP contribution in [0.25, 0.3) is 11.0 Å². The number of hydrogen-bond acceptors (Lipinski definition) is 5. The summed E-state index contributed by atoms with van der Waals surface area (Å²) in [6.45, 7) is 11.9. The van der Waals surface area contributed by atoms with E-state index in [-0.39, 0.29) is 5.02 Å². The highest BCUT2D eigenvalue weighted by Gasteiger charge is 2.33. The van der Waals surface area contributed by atoms with Crippen LogP contribution >= 0.6 is 11.6 Å². The van der Waals surface area contributed by atoms with Gasteiger partial charge in [-0.05, 0) is 70.8 Å². The minimum atomic E-state index is -4.48. The lowest BCUT2D eigenvalue weighted by molar-refractivity contribution is -0.137. The Morgan fingerprint density at radius 1 is 1.20 bits per heavy atom. The highest BCUT2D eigenvalue weighted by Crippen LogP contribution is 2.36. The van der Waals surface area contributed by atoms with E-state index in [4.69, 9.17) is 15.8 Å². The first-order valence-electron chi connectivity index (χ1n) is 12.0. The molecule has 2 rings (SSSR count). The molecule has 0 fully saturated rings. The summed E-state index contributed by atoms with van der Waals surface area (Å²) in [5.41, 5.74) is 0.0153. The van der Waals surface area contributed by atoms with E-state index in [2.05, 4.69) is 72.4 Å². The van der Waals surface area contributed by atoms with Crippen LogP contribution in [0.15, 0.2) is 24.4 Å². The number of nitrogens with one attached hydrogen (secondary N) is 1. The fraction of sp³-hybridized carbons (Fsp3) is 0.640. The van der Waals surface area contributed by atoms with Crippen LogP contribution in [0.3, 0.4) is 0 Å². The van der Waals surface area contributed by atoms with E-state index in [1.807, 2.05) is 6.92 Å². The van der Waals surface area contributed by atoms with Crippen LogP contribution in [0.2, 0.25) is 5.02 Å². The minimum absolute atomic E-state index is 0.317. The number of nitrogens with zero attached hydrogens (tertiary/aromatic N) is 3. The van der Waals surface area contributed by atoms with Crippen molar-refractivity contribution >= 4 is 35.2 Å². The van der Waals surface area contributed by atoms with Crippen molar-refractivity contribution in [1.29, 1.82) is 0 Å². The summed E-state index contributed by atoms with van der Waals surface area (Å²) in [6.07, 6.45) is 4.66. The number of unbranched alkanes of at least 4 members (excludes halogenated alkanes) is 1. The molecular weight excluding hydrogens is 497 g/mol. The van der Waals surface area contributed by atoms with Gasteiger partial charge in [0, 0.05) is 32.6 Å². The Morgan fingerprint density at radius 2 is 1.89 bits per heavy atom. The lowest BCUT2D eigenvalue weighted by Crippen LogP contribution is -2.37. The normalized spacial score (nSPS) is 13.0. The number of allylic oxidation sites excluding steroid dienone is 1. The number of hydrogen-bond donors (Lipinski definition) is 1. The van der Waals surface area contributed by atoms with Gasteiger partial charge >= 0.3 is 6.18 Å². The highest BCUT2D eigenvalue weighted by atomic mass is 35.5. The second-order valence-electron chi connectivity index (χ2n) is 9.10. The van der Waals surface area contributed by atoms with Crippen LogP contribution in [0.4, 0.5) is 13.2 Å². The molecule has 35 heavy (non-hydrogen) atoms. The number of benzene rings is 1. The lowest BCUT2D eigenvalue weighted by atomic mass is 10.0.